The highest BCUT2D eigenvalue weighted by Gasteiger charge is 2.38. The zero-order valence-electron chi connectivity index (χ0n) is 18.8. The molecule has 0 aromatic heterocycles. The zero-order valence-corrected chi connectivity index (χ0v) is 20.4. The summed E-state index contributed by atoms with van der Waals surface area (Å²) in [6.45, 7) is 5.96. The number of hydrogen-bond acceptors (Lipinski definition) is 4. The highest BCUT2D eigenvalue weighted by Crippen LogP contribution is 2.44. The van der Waals surface area contributed by atoms with Crippen molar-refractivity contribution in [1.29, 1.82) is 0 Å². The molecule has 5 nitrogen and oxygen atoms in total. The van der Waals surface area contributed by atoms with Gasteiger partial charge < -0.3 is 14.8 Å². The molecular weight excluding hydrogens is 470 g/mol. The van der Waals surface area contributed by atoms with Crippen LogP contribution in [-0.4, -0.2) is 24.9 Å². The van der Waals surface area contributed by atoms with Gasteiger partial charge in [-0.05, 0) is 68.0 Å². The number of allylic oxidation sites excluding steroid dienone is 2. The molecule has 32 heavy (non-hydrogen) atoms. The molecule has 2 unspecified atom stereocenters. The Morgan fingerprint density at radius 1 is 1.00 bits per heavy atom. The number of halogens is 1. The first-order valence-corrected chi connectivity index (χ1v) is 11.7. The summed E-state index contributed by atoms with van der Waals surface area (Å²) >= 11 is 3.58. The molecule has 2 aliphatic rings. The molecule has 0 spiro atoms. The Morgan fingerprint density at radius 3 is 2.44 bits per heavy atom. The van der Waals surface area contributed by atoms with Gasteiger partial charge in [0.15, 0.2) is 17.3 Å². The highest BCUT2D eigenvalue weighted by molar-refractivity contribution is 9.10. The molecule has 1 aliphatic carbocycles. The van der Waals surface area contributed by atoms with Crippen molar-refractivity contribution in [3.8, 4) is 11.5 Å². The van der Waals surface area contributed by atoms with Crippen LogP contribution in [0.5, 0.6) is 11.5 Å². The molecule has 0 saturated carbocycles. The predicted molar refractivity (Wildman–Crippen MR) is 127 cm³/mol. The Labute approximate surface area is 197 Å². The Kier molecular flexibility index (Phi) is 6.42. The monoisotopic (exact) mass is 497 g/mol. The van der Waals surface area contributed by atoms with Crippen LogP contribution < -0.4 is 14.8 Å². The van der Waals surface area contributed by atoms with Crippen LogP contribution in [0.4, 0.5) is 0 Å². The molecule has 4 rings (SSSR count). The van der Waals surface area contributed by atoms with Gasteiger partial charge in [0.25, 0.3) is 0 Å². The Morgan fingerprint density at radius 2 is 1.75 bits per heavy atom. The average Bonchev–Trinajstić information content (AvgIpc) is 2.74. The molecule has 2 aromatic carbocycles. The van der Waals surface area contributed by atoms with Crippen molar-refractivity contribution in [3.63, 3.8) is 0 Å². The summed E-state index contributed by atoms with van der Waals surface area (Å²) in [6.07, 6.45) is 1.35. The van der Waals surface area contributed by atoms with Gasteiger partial charge in [-0.2, -0.15) is 0 Å². The minimum absolute atomic E-state index is 0.0212. The maximum absolute atomic E-state index is 13.3. The van der Waals surface area contributed by atoms with Crippen LogP contribution in [0.2, 0.25) is 0 Å². The third-order valence-electron chi connectivity index (χ3n) is 6.16. The Balaban J connectivity index is 1.67. The number of nitrogens with one attached hydrogen (secondary N) is 1. The fraction of sp³-hybridized carbons (Fsp3) is 0.385. The summed E-state index contributed by atoms with van der Waals surface area (Å²) in [6, 6.07) is 11.9. The Bertz CT molecular complexity index is 1110. The van der Waals surface area contributed by atoms with E-state index in [-0.39, 0.29) is 29.6 Å². The largest absolute Gasteiger partial charge is 0.493 e. The molecule has 0 saturated heterocycles. The third-order valence-corrected chi connectivity index (χ3v) is 7.01. The van der Waals surface area contributed by atoms with Gasteiger partial charge >= 0.3 is 0 Å². The number of amides is 1. The summed E-state index contributed by atoms with van der Waals surface area (Å²) < 4.78 is 12.3. The van der Waals surface area contributed by atoms with Gasteiger partial charge in [-0.15, -0.1) is 0 Å². The zero-order chi connectivity index (χ0) is 23.0. The van der Waals surface area contributed by atoms with E-state index in [4.69, 9.17) is 9.47 Å². The molecule has 6 heteroatoms. The van der Waals surface area contributed by atoms with Crippen LogP contribution in [0.3, 0.4) is 0 Å². The van der Waals surface area contributed by atoms with E-state index in [1.165, 1.54) is 0 Å². The number of carbonyl (C=O) groups excluding carboxylic acids is 2. The summed E-state index contributed by atoms with van der Waals surface area (Å²) in [4.78, 5) is 25.9. The van der Waals surface area contributed by atoms with Crippen molar-refractivity contribution >= 4 is 27.6 Å². The van der Waals surface area contributed by atoms with Crippen LogP contribution in [0.25, 0.3) is 0 Å². The van der Waals surface area contributed by atoms with Gasteiger partial charge in [0.2, 0.25) is 5.91 Å². The lowest BCUT2D eigenvalue weighted by atomic mass is 9.73. The number of Topliss-reactive ketones (excluding diaryl/α,β-unsaturated/α-hetero) is 1. The number of ketones is 1. The Hall–Kier alpha value is -2.60. The second-order valence-corrected chi connectivity index (χ2v) is 9.67. The van der Waals surface area contributed by atoms with Crippen LogP contribution in [0.15, 0.2) is 52.1 Å². The molecule has 168 valence electrons. The number of aryl methyl sites for hydroxylation is 1. The summed E-state index contributed by atoms with van der Waals surface area (Å²) in [5, 5.41) is 2.99. The molecule has 0 radical (unpaired) electrons. The van der Waals surface area contributed by atoms with E-state index in [0.717, 1.165) is 32.4 Å². The minimum Gasteiger partial charge on any atom is -0.493 e. The second kappa shape index (κ2) is 9.10. The first kappa shape index (κ1) is 22.6. The van der Waals surface area contributed by atoms with E-state index in [1.54, 1.807) is 7.11 Å². The molecule has 1 amide bonds. The molecule has 1 heterocycles. The van der Waals surface area contributed by atoms with Gasteiger partial charge in [-0.3, -0.25) is 9.59 Å². The maximum Gasteiger partial charge on any atom is 0.225 e. The van der Waals surface area contributed by atoms with E-state index >= 15 is 0 Å². The number of rotatable bonds is 5. The van der Waals surface area contributed by atoms with E-state index in [2.05, 4.69) is 21.2 Å². The van der Waals surface area contributed by atoms with Crippen LogP contribution in [0.1, 0.15) is 61.6 Å². The van der Waals surface area contributed by atoms with Crippen molar-refractivity contribution in [3.05, 3.63) is 68.8 Å². The fourth-order valence-electron chi connectivity index (χ4n) is 4.60. The van der Waals surface area contributed by atoms with Gasteiger partial charge in [0, 0.05) is 34.5 Å². The van der Waals surface area contributed by atoms with Crippen molar-refractivity contribution in [1.82, 2.24) is 5.32 Å². The number of carbonyl (C=O) groups is 2. The topological polar surface area (TPSA) is 64.6 Å². The minimum atomic E-state index is -0.208. The van der Waals surface area contributed by atoms with Crippen molar-refractivity contribution in [2.24, 2.45) is 0 Å². The molecule has 1 N–H and O–H groups in total. The van der Waals surface area contributed by atoms with E-state index in [9.17, 15) is 9.59 Å². The number of ether oxygens (including phenoxy) is 2. The van der Waals surface area contributed by atoms with Crippen LogP contribution >= 0.6 is 15.9 Å². The lowest BCUT2D eigenvalue weighted by Crippen LogP contribution is -2.38. The normalized spacial score (nSPS) is 20.8. The molecule has 1 aliphatic heterocycles. The quantitative estimate of drug-likeness (QED) is 0.587. The lowest BCUT2D eigenvalue weighted by molar-refractivity contribution is -0.122. The van der Waals surface area contributed by atoms with Crippen molar-refractivity contribution in [2.75, 3.05) is 7.11 Å². The molecular formula is C26H28BrNO4. The third kappa shape index (κ3) is 4.46. The van der Waals surface area contributed by atoms with Crippen LogP contribution in [0, 0.1) is 6.92 Å². The van der Waals surface area contributed by atoms with E-state index in [0.29, 0.717) is 30.8 Å². The van der Waals surface area contributed by atoms with Gasteiger partial charge in [0.1, 0.15) is 0 Å². The first-order chi connectivity index (χ1) is 15.3. The molecule has 2 atom stereocenters. The fourth-order valence-corrected chi connectivity index (χ4v) is 4.99. The second-order valence-electron chi connectivity index (χ2n) is 8.81. The van der Waals surface area contributed by atoms with E-state index < -0.39 is 0 Å². The average molecular weight is 498 g/mol. The lowest BCUT2D eigenvalue weighted by Gasteiger charge is -2.34. The van der Waals surface area contributed by atoms with Crippen molar-refractivity contribution in [2.45, 2.75) is 58.0 Å². The standard InChI is InChI=1S/C26H28BrNO4/c1-14(2)32-23-8-7-16(12-24(23)31-4)18-10-21-26(22(29)11-18)19(13-25(30)28-21)17-6-5-15(3)20(27)9-17/h5-9,12,14,18-19H,10-11,13H2,1-4H3,(H,28,30). The number of benzene rings is 2. The number of methoxy groups -OCH3 is 1. The first-order valence-electron chi connectivity index (χ1n) is 10.9. The van der Waals surface area contributed by atoms with Crippen LogP contribution in [-0.2, 0) is 9.59 Å². The van der Waals surface area contributed by atoms with E-state index in [1.807, 2.05) is 57.2 Å². The molecule has 2 aromatic rings. The SMILES string of the molecule is COc1cc(C2CC(=O)C3=C(C2)NC(=O)CC3c2ccc(C)c(Br)c2)ccc1OC(C)C. The summed E-state index contributed by atoms with van der Waals surface area (Å²) in [5.41, 5.74) is 4.63. The predicted octanol–water partition coefficient (Wildman–Crippen LogP) is 5.56. The smallest absolute Gasteiger partial charge is 0.225 e. The molecule has 0 fully saturated rings. The van der Waals surface area contributed by atoms with Gasteiger partial charge in [0.05, 0.1) is 13.2 Å². The van der Waals surface area contributed by atoms with Gasteiger partial charge in [-0.1, -0.05) is 34.1 Å². The molecule has 0 bridgehead atoms. The number of hydrogen-bond donors (Lipinski definition) is 1. The summed E-state index contributed by atoms with van der Waals surface area (Å²) in [5.74, 6) is 1.16. The van der Waals surface area contributed by atoms with Crippen molar-refractivity contribution < 1.29 is 19.1 Å². The maximum atomic E-state index is 13.3. The highest BCUT2D eigenvalue weighted by atomic mass is 79.9. The van der Waals surface area contributed by atoms with Gasteiger partial charge in [-0.25, -0.2) is 0 Å². The summed E-state index contributed by atoms with van der Waals surface area (Å²) in [7, 11) is 1.62.